The molecule has 0 fully saturated rings. The second-order valence-corrected chi connectivity index (χ2v) is 10.9. The van der Waals surface area contributed by atoms with E-state index in [0.717, 1.165) is 96.3 Å². The number of rotatable bonds is 27. The molecule has 0 saturated carbocycles. The third-order valence-electron chi connectivity index (χ3n) is 7.53. The summed E-state index contributed by atoms with van der Waals surface area (Å²) in [6.07, 6.45) is 17.0. The highest BCUT2D eigenvalue weighted by atomic mass is 16.5. The maximum atomic E-state index is 13.2. The molecule has 38 heavy (non-hydrogen) atoms. The lowest BCUT2D eigenvalue weighted by Gasteiger charge is -2.39. The Balaban J connectivity index is 5.25. The zero-order chi connectivity index (χ0) is 28.7. The van der Waals surface area contributed by atoms with Crippen LogP contribution in [0.3, 0.4) is 0 Å². The van der Waals surface area contributed by atoms with Crippen molar-refractivity contribution in [2.75, 3.05) is 13.2 Å². The number of hydrogen-bond donors (Lipinski definition) is 3. The molecule has 7 heteroatoms. The van der Waals surface area contributed by atoms with E-state index in [0.29, 0.717) is 19.3 Å². The van der Waals surface area contributed by atoms with Crippen molar-refractivity contribution in [2.24, 2.45) is 0 Å². The van der Waals surface area contributed by atoms with E-state index in [1.165, 1.54) is 0 Å². The number of hydrogen-bond acceptors (Lipinski definition) is 7. The van der Waals surface area contributed by atoms with Crippen molar-refractivity contribution < 1.29 is 34.4 Å². The zero-order valence-corrected chi connectivity index (χ0v) is 24.7. The van der Waals surface area contributed by atoms with Crippen LogP contribution < -0.4 is 0 Å². The summed E-state index contributed by atoms with van der Waals surface area (Å²) < 4.78 is 5.25. The van der Waals surface area contributed by atoms with Crippen LogP contribution in [0.2, 0.25) is 0 Å². The number of aliphatic hydroxyl groups is 3. The van der Waals surface area contributed by atoms with Crippen molar-refractivity contribution in [1.29, 1.82) is 0 Å². The Morgan fingerprint density at radius 1 is 0.526 bits per heavy atom. The van der Waals surface area contributed by atoms with E-state index < -0.39 is 42.0 Å². The van der Waals surface area contributed by atoms with E-state index in [1.807, 2.05) is 0 Å². The van der Waals surface area contributed by atoms with Crippen LogP contribution in [0.15, 0.2) is 0 Å². The van der Waals surface area contributed by atoms with Crippen LogP contribution >= 0.6 is 0 Å². The topological polar surface area (TPSA) is 121 Å². The van der Waals surface area contributed by atoms with E-state index in [4.69, 9.17) is 4.74 Å². The number of ketones is 2. The number of carbonyl (C=O) groups is 3. The molecule has 0 saturated heterocycles. The van der Waals surface area contributed by atoms with E-state index in [9.17, 15) is 29.7 Å². The highest BCUT2D eigenvalue weighted by Crippen LogP contribution is 2.30. The first-order valence-corrected chi connectivity index (χ1v) is 15.5. The molecule has 0 aromatic rings. The minimum atomic E-state index is -2.71. The van der Waals surface area contributed by atoms with Crippen molar-refractivity contribution in [3.05, 3.63) is 0 Å². The van der Waals surface area contributed by atoms with Gasteiger partial charge in [0.15, 0.2) is 22.8 Å². The third-order valence-corrected chi connectivity index (χ3v) is 7.53. The Hall–Kier alpha value is -1.31. The molecule has 0 radical (unpaired) electrons. The van der Waals surface area contributed by atoms with E-state index in [-0.39, 0.29) is 19.3 Å². The van der Waals surface area contributed by atoms with Gasteiger partial charge in [-0.05, 0) is 19.3 Å². The normalized spacial score (nSPS) is 14.6. The minimum absolute atomic E-state index is 0.0653. The Morgan fingerprint density at radius 3 is 1.26 bits per heavy atom. The Kier molecular flexibility index (Phi) is 21.7. The van der Waals surface area contributed by atoms with Gasteiger partial charge in [-0.3, -0.25) is 14.4 Å². The summed E-state index contributed by atoms with van der Waals surface area (Å²) in [7, 11) is 0. The van der Waals surface area contributed by atoms with Gasteiger partial charge >= 0.3 is 5.97 Å². The fourth-order valence-corrected chi connectivity index (χ4v) is 4.73. The number of Topliss-reactive ketones (excluding diaryl/α,β-unsaturated/α-hetero) is 2. The first-order chi connectivity index (χ1) is 18.2. The Bertz CT molecular complexity index is 636. The molecule has 7 nitrogen and oxygen atoms in total. The van der Waals surface area contributed by atoms with Crippen molar-refractivity contribution in [3.63, 3.8) is 0 Å². The largest absolute Gasteiger partial charge is 0.462 e. The van der Waals surface area contributed by atoms with Crippen molar-refractivity contribution in [1.82, 2.24) is 0 Å². The summed E-state index contributed by atoms with van der Waals surface area (Å²) >= 11 is 0. The van der Waals surface area contributed by atoms with E-state index in [2.05, 4.69) is 20.8 Å². The van der Waals surface area contributed by atoms with Gasteiger partial charge in [-0.25, -0.2) is 0 Å². The van der Waals surface area contributed by atoms with Crippen molar-refractivity contribution >= 4 is 17.5 Å². The molecule has 0 rings (SSSR count). The average molecular weight is 543 g/mol. The van der Waals surface area contributed by atoms with Crippen LogP contribution in [-0.4, -0.2) is 57.3 Å². The molecule has 0 aliphatic heterocycles. The summed E-state index contributed by atoms with van der Waals surface area (Å²) in [4.78, 5) is 38.7. The summed E-state index contributed by atoms with van der Waals surface area (Å²) in [6.45, 7) is 4.42. The van der Waals surface area contributed by atoms with Gasteiger partial charge in [0.2, 0.25) is 0 Å². The van der Waals surface area contributed by atoms with Gasteiger partial charge in [0.25, 0.3) is 0 Å². The molecule has 0 heterocycles. The fourth-order valence-electron chi connectivity index (χ4n) is 4.73. The van der Waals surface area contributed by atoms with Gasteiger partial charge in [-0.1, -0.05) is 117 Å². The summed E-state index contributed by atoms with van der Waals surface area (Å²) in [5.74, 6) is -2.15. The van der Waals surface area contributed by atoms with E-state index >= 15 is 0 Å². The lowest BCUT2D eigenvalue weighted by atomic mass is 9.75. The van der Waals surface area contributed by atoms with E-state index in [1.54, 1.807) is 0 Å². The van der Waals surface area contributed by atoms with Crippen LogP contribution in [0.25, 0.3) is 0 Å². The molecule has 0 aliphatic carbocycles. The minimum Gasteiger partial charge on any atom is -0.462 e. The standard InChI is InChI=1S/C31H58O7/c1-4-7-10-13-16-19-22-27(33)30(36,25-32)31(37,28(34)23-20-17-14-11-8-5-2)26-38-29(35)24-21-18-15-12-9-6-3/h32,36-37H,4-26H2,1-3H3/t30-,31+/m1/s1. The lowest BCUT2D eigenvalue weighted by molar-refractivity contribution is -0.204. The second kappa shape index (κ2) is 22.5. The molecule has 0 aromatic heterocycles. The Morgan fingerprint density at radius 2 is 0.868 bits per heavy atom. The molecule has 0 amide bonds. The molecule has 0 bridgehead atoms. The molecule has 0 aliphatic rings. The monoisotopic (exact) mass is 542 g/mol. The maximum absolute atomic E-state index is 13.2. The summed E-state index contributed by atoms with van der Waals surface area (Å²) in [6, 6.07) is 0. The molecule has 0 aromatic carbocycles. The SMILES string of the molecule is CCCCCCCCC(=O)OC[C@](O)(C(=O)CCCCCCCC)[C@@](O)(CO)C(=O)CCCCCCCC. The first kappa shape index (κ1) is 36.7. The third kappa shape index (κ3) is 14.2. The van der Waals surface area contributed by atoms with Crippen LogP contribution in [0.5, 0.6) is 0 Å². The molecule has 3 N–H and O–H groups in total. The van der Waals surface area contributed by atoms with Crippen LogP contribution in [0.4, 0.5) is 0 Å². The number of unbranched alkanes of at least 4 members (excludes halogenated alkanes) is 15. The number of ether oxygens (including phenoxy) is 1. The quantitative estimate of drug-likeness (QED) is 0.0814. The van der Waals surface area contributed by atoms with Gasteiger partial charge in [-0.2, -0.15) is 0 Å². The maximum Gasteiger partial charge on any atom is 0.305 e. The molecular weight excluding hydrogens is 484 g/mol. The van der Waals surface area contributed by atoms with Crippen LogP contribution in [0.1, 0.15) is 156 Å². The molecular formula is C31H58O7. The first-order valence-electron chi connectivity index (χ1n) is 15.5. The predicted octanol–water partition coefficient (Wildman–Crippen LogP) is 6.37. The van der Waals surface area contributed by atoms with Gasteiger partial charge in [-0.15, -0.1) is 0 Å². The second-order valence-electron chi connectivity index (χ2n) is 10.9. The van der Waals surface area contributed by atoms with Crippen LogP contribution in [-0.2, 0) is 19.1 Å². The van der Waals surface area contributed by atoms with Gasteiger partial charge in [0.1, 0.15) is 6.61 Å². The molecule has 224 valence electrons. The molecule has 0 spiro atoms. The highest BCUT2D eigenvalue weighted by molar-refractivity contribution is 5.99. The van der Waals surface area contributed by atoms with Gasteiger partial charge < -0.3 is 20.1 Å². The van der Waals surface area contributed by atoms with Crippen LogP contribution in [0, 0.1) is 0 Å². The summed E-state index contributed by atoms with van der Waals surface area (Å²) in [5, 5.41) is 32.7. The number of carbonyl (C=O) groups excluding carboxylic acids is 3. The van der Waals surface area contributed by atoms with Crippen molar-refractivity contribution in [3.8, 4) is 0 Å². The molecule has 2 atom stereocenters. The van der Waals surface area contributed by atoms with Crippen molar-refractivity contribution in [2.45, 2.75) is 167 Å². The highest BCUT2D eigenvalue weighted by Gasteiger charge is 2.59. The smallest absolute Gasteiger partial charge is 0.305 e. The predicted molar refractivity (Wildman–Crippen MR) is 152 cm³/mol. The molecule has 0 unspecified atom stereocenters. The number of aliphatic hydroxyl groups excluding tert-OH is 1. The summed E-state index contributed by atoms with van der Waals surface area (Å²) in [5.41, 5.74) is -5.39. The fraction of sp³-hybridized carbons (Fsp3) is 0.903. The van der Waals surface area contributed by atoms with Gasteiger partial charge in [0.05, 0.1) is 6.61 Å². The average Bonchev–Trinajstić information content (AvgIpc) is 2.92. The Labute approximate surface area is 232 Å². The number of esters is 1. The zero-order valence-electron chi connectivity index (χ0n) is 24.7. The van der Waals surface area contributed by atoms with Gasteiger partial charge in [0, 0.05) is 19.3 Å². The lowest BCUT2D eigenvalue weighted by Crippen LogP contribution is -2.68.